The Bertz CT molecular complexity index is 649. The predicted octanol–water partition coefficient (Wildman–Crippen LogP) is -0.617. The quantitative estimate of drug-likeness (QED) is 0.683. The van der Waals surface area contributed by atoms with E-state index in [2.05, 4.69) is 9.88 Å². The molecular weight excluding hydrogens is 322 g/mol. The molecule has 0 unspecified atom stereocenters. The summed E-state index contributed by atoms with van der Waals surface area (Å²) in [5, 5.41) is 0. The molecule has 0 spiro atoms. The Kier molecular flexibility index (Phi) is 5.28. The van der Waals surface area contributed by atoms with Gasteiger partial charge in [-0.25, -0.2) is 4.98 Å². The lowest BCUT2D eigenvalue weighted by Crippen LogP contribution is -2.48. The number of hydrogen-bond donors (Lipinski definition) is 0. The first-order chi connectivity index (χ1) is 12.1. The van der Waals surface area contributed by atoms with E-state index in [-0.39, 0.29) is 17.5 Å². The van der Waals surface area contributed by atoms with Crippen LogP contribution < -0.4 is 0 Å². The van der Waals surface area contributed by atoms with Gasteiger partial charge in [-0.3, -0.25) is 14.4 Å². The van der Waals surface area contributed by atoms with Crippen molar-refractivity contribution in [2.75, 3.05) is 59.4 Å². The minimum atomic E-state index is -0.196. The summed E-state index contributed by atoms with van der Waals surface area (Å²) in [5.74, 6) is -0.327. The lowest BCUT2D eigenvalue weighted by molar-refractivity contribution is -0.119. The summed E-state index contributed by atoms with van der Waals surface area (Å²) < 4.78 is 0. The van der Waals surface area contributed by atoms with Crippen LogP contribution in [0.25, 0.3) is 0 Å². The number of carbonyl (C=O) groups is 3. The number of amides is 3. The number of aromatic nitrogens is 1. The van der Waals surface area contributed by atoms with E-state index in [4.69, 9.17) is 0 Å². The van der Waals surface area contributed by atoms with Gasteiger partial charge >= 0.3 is 0 Å². The fourth-order valence-electron chi connectivity index (χ4n) is 3.04. The Morgan fingerprint density at radius 3 is 1.84 bits per heavy atom. The van der Waals surface area contributed by atoms with Crippen molar-refractivity contribution in [3.63, 3.8) is 0 Å². The normalized spacial score (nSPS) is 19.0. The average molecular weight is 345 g/mol. The van der Waals surface area contributed by atoms with Crippen LogP contribution in [-0.4, -0.2) is 102 Å². The summed E-state index contributed by atoms with van der Waals surface area (Å²) in [7, 11) is 2.03. The fourth-order valence-corrected chi connectivity index (χ4v) is 3.04. The molecule has 0 radical (unpaired) electrons. The van der Waals surface area contributed by atoms with Crippen LogP contribution in [0.4, 0.5) is 0 Å². The highest BCUT2D eigenvalue weighted by molar-refractivity contribution is 5.96. The largest absolute Gasteiger partial charge is 0.342 e. The Morgan fingerprint density at radius 1 is 0.880 bits per heavy atom. The van der Waals surface area contributed by atoms with Crippen LogP contribution in [0.15, 0.2) is 18.2 Å². The van der Waals surface area contributed by atoms with Gasteiger partial charge in [-0.15, -0.1) is 0 Å². The second-order valence-corrected chi connectivity index (χ2v) is 6.44. The van der Waals surface area contributed by atoms with Gasteiger partial charge in [0.2, 0.25) is 6.41 Å². The molecule has 8 heteroatoms. The number of piperazine rings is 2. The number of pyridine rings is 1. The van der Waals surface area contributed by atoms with E-state index in [1.165, 1.54) is 0 Å². The van der Waals surface area contributed by atoms with Crippen molar-refractivity contribution < 1.29 is 14.4 Å². The van der Waals surface area contributed by atoms with Crippen LogP contribution in [0.3, 0.4) is 0 Å². The summed E-state index contributed by atoms with van der Waals surface area (Å²) in [6.07, 6.45) is 0.801. The maximum absolute atomic E-state index is 12.6. The third-order valence-corrected chi connectivity index (χ3v) is 4.73. The summed E-state index contributed by atoms with van der Waals surface area (Å²) in [4.78, 5) is 47.6. The van der Waals surface area contributed by atoms with Gasteiger partial charge in [0.05, 0.1) is 0 Å². The molecule has 134 valence electrons. The lowest BCUT2D eigenvalue weighted by atomic mass is 10.2. The zero-order valence-corrected chi connectivity index (χ0v) is 14.4. The highest BCUT2D eigenvalue weighted by Gasteiger charge is 2.25. The third kappa shape index (κ3) is 3.96. The smallest absolute Gasteiger partial charge is 0.272 e. The van der Waals surface area contributed by atoms with E-state index >= 15 is 0 Å². The molecule has 0 saturated carbocycles. The van der Waals surface area contributed by atoms with Gasteiger partial charge in [0.1, 0.15) is 11.4 Å². The van der Waals surface area contributed by atoms with Gasteiger partial charge in [0.15, 0.2) is 0 Å². The van der Waals surface area contributed by atoms with Crippen LogP contribution in [0.5, 0.6) is 0 Å². The van der Waals surface area contributed by atoms with Gasteiger partial charge < -0.3 is 19.6 Å². The van der Waals surface area contributed by atoms with E-state index in [0.717, 1.165) is 19.5 Å². The third-order valence-electron chi connectivity index (χ3n) is 4.73. The van der Waals surface area contributed by atoms with Crippen molar-refractivity contribution in [1.82, 2.24) is 24.6 Å². The molecule has 3 heterocycles. The van der Waals surface area contributed by atoms with Crippen molar-refractivity contribution in [1.29, 1.82) is 0 Å². The molecule has 0 aliphatic carbocycles. The highest BCUT2D eigenvalue weighted by Crippen LogP contribution is 2.10. The van der Waals surface area contributed by atoms with Crippen molar-refractivity contribution in [3.8, 4) is 0 Å². The number of likely N-dealkylation sites (N-methyl/N-ethyl adjacent to an activating group) is 1. The van der Waals surface area contributed by atoms with Gasteiger partial charge in [0.25, 0.3) is 11.8 Å². The standard InChI is InChI=1S/C17H23N5O3/c1-19-5-9-21(10-6-19)16(24)14-3-2-4-15(18-14)17(25)22-11-7-20(13-23)8-12-22/h2-4,13H,5-12H2,1H3. The summed E-state index contributed by atoms with van der Waals surface area (Å²) in [6.45, 7) is 5.03. The van der Waals surface area contributed by atoms with Crippen LogP contribution in [0, 0.1) is 0 Å². The molecule has 2 fully saturated rings. The summed E-state index contributed by atoms with van der Waals surface area (Å²) >= 11 is 0. The Hall–Kier alpha value is -2.48. The molecule has 1 aromatic rings. The Balaban J connectivity index is 1.67. The maximum atomic E-state index is 12.6. The topological polar surface area (TPSA) is 77.1 Å². The van der Waals surface area contributed by atoms with E-state index in [1.54, 1.807) is 32.9 Å². The van der Waals surface area contributed by atoms with Crippen LogP contribution >= 0.6 is 0 Å². The highest BCUT2D eigenvalue weighted by atomic mass is 16.2. The van der Waals surface area contributed by atoms with Crippen LogP contribution in [-0.2, 0) is 4.79 Å². The van der Waals surface area contributed by atoms with Gasteiger partial charge in [-0.1, -0.05) is 6.07 Å². The number of rotatable bonds is 3. The number of nitrogens with zero attached hydrogens (tertiary/aromatic N) is 5. The maximum Gasteiger partial charge on any atom is 0.272 e. The number of carbonyl (C=O) groups excluding carboxylic acids is 3. The monoisotopic (exact) mass is 345 g/mol. The molecule has 2 aliphatic rings. The van der Waals surface area contributed by atoms with Crippen molar-refractivity contribution in [2.45, 2.75) is 0 Å². The molecule has 0 atom stereocenters. The van der Waals surface area contributed by atoms with E-state index in [9.17, 15) is 14.4 Å². The lowest BCUT2D eigenvalue weighted by Gasteiger charge is -2.33. The molecule has 2 saturated heterocycles. The van der Waals surface area contributed by atoms with Crippen LogP contribution in [0.1, 0.15) is 21.0 Å². The molecule has 1 aromatic heterocycles. The number of hydrogen-bond acceptors (Lipinski definition) is 5. The first-order valence-electron chi connectivity index (χ1n) is 8.52. The molecule has 8 nitrogen and oxygen atoms in total. The fraction of sp³-hybridized carbons (Fsp3) is 0.529. The Morgan fingerprint density at radius 2 is 1.36 bits per heavy atom. The van der Waals surface area contributed by atoms with Gasteiger partial charge in [0, 0.05) is 52.4 Å². The van der Waals surface area contributed by atoms with E-state index < -0.39 is 0 Å². The molecule has 25 heavy (non-hydrogen) atoms. The zero-order chi connectivity index (χ0) is 17.8. The summed E-state index contributed by atoms with van der Waals surface area (Å²) in [5.41, 5.74) is 0.585. The molecule has 0 aromatic carbocycles. The summed E-state index contributed by atoms with van der Waals surface area (Å²) in [6, 6.07) is 4.99. The molecule has 0 N–H and O–H groups in total. The predicted molar refractivity (Wildman–Crippen MR) is 91.2 cm³/mol. The average Bonchev–Trinajstić information content (AvgIpc) is 2.67. The van der Waals surface area contributed by atoms with Crippen molar-refractivity contribution in [3.05, 3.63) is 29.6 Å². The van der Waals surface area contributed by atoms with Crippen LogP contribution in [0.2, 0.25) is 0 Å². The van der Waals surface area contributed by atoms with E-state index in [0.29, 0.717) is 45.0 Å². The van der Waals surface area contributed by atoms with E-state index in [1.807, 2.05) is 7.05 Å². The molecule has 0 bridgehead atoms. The molecule has 3 amide bonds. The molecule has 2 aliphatic heterocycles. The first-order valence-corrected chi connectivity index (χ1v) is 8.52. The molecular formula is C17H23N5O3. The second kappa shape index (κ2) is 7.60. The minimum absolute atomic E-state index is 0.131. The zero-order valence-electron chi connectivity index (χ0n) is 14.4. The SMILES string of the molecule is CN1CCN(C(=O)c2cccc(C(=O)N3CCN(C=O)CC3)n2)CC1. The van der Waals surface area contributed by atoms with Crippen molar-refractivity contribution in [2.24, 2.45) is 0 Å². The van der Waals surface area contributed by atoms with Gasteiger partial charge in [-0.05, 0) is 19.2 Å². The first kappa shape index (κ1) is 17.3. The minimum Gasteiger partial charge on any atom is -0.342 e. The van der Waals surface area contributed by atoms with Gasteiger partial charge in [-0.2, -0.15) is 0 Å². The Labute approximate surface area is 147 Å². The van der Waals surface area contributed by atoms with Crippen molar-refractivity contribution >= 4 is 18.2 Å². The second-order valence-electron chi connectivity index (χ2n) is 6.44. The molecule has 3 rings (SSSR count).